The van der Waals surface area contributed by atoms with Crippen LogP contribution in [0.3, 0.4) is 0 Å². The molecule has 0 bridgehead atoms. The number of piperidine rings is 1. The van der Waals surface area contributed by atoms with Crippen LogP contribution in [0.15, 0.2) is 18.2 Å². The summed E-state index contributed by atoms with van der Waals surface area (Å²) in [6.45, 7) is 4.34. The number of rotatable bonds is 8. The first kappa shape index (κ1) is 20.4. The number of halogens is 1. The van der Waals surface area contributed by atoms with Crippen LogP contribution < -0.4 is 15.4 Å². The van der Waals surface area contributed by atoms with Crippen molar-refractivity contribution < 1.29 is 19.2 Å². The van der Waals surface area contributed by atoms with Crippen molar-refractivity contribution in [2.75, 3.05) is 33.4 Å². The molecule has 1 aromatic carbocycles. The highest BCUT2D eigenvalue weighted by molar-refractivity contribution is 6.30. The maximum absolute atomic E-state index is 12.4. The second kappa shape index (κ2) is 9.16. The van der Waals surface area contributed by atoms with E-state index in [1.807, 2.05) is 0 Å². The van der Waals surface area contributed by atoms with Crippen molar-refractivity contribution in [3.05, 3.63) is 33.3 Å². The van der Waals surface area contributed by atoms with Crippen LogP contribution in [0.4, 0.5) is 5.69 Å². The van der Waals surface area contributed by atoms with Crippen molar-refractivity contribution in [3.8, 4) is 5.75 Å². The highest BCUT2D eigenvalue weighted by Gasteiger charge is 2.33. The third-order valence-electron chi connectivity index (χ3n) is 4.54. The fourth-order valence-corrected chi connectivity index (χ4v) is 3.20. The number of amides is 1. The van der Waals surface area contributed by atoms with E-state index < -0.39 is 11.0 Å². The average molecular weight is 386 g/mol. The van der Waals surface area contributed by atoms with Crippen LogP contribution in [0.2, 0.25) is 5.02 Å². The van der Waals surface area contributed by atoms with E-state index in [1.165, 1.54) is 18.2 Å². The second-order valence-corrected chi connectivity index (χ2v) is 6.97. The zero-order chi connectivity index (χ0) is 19.2. The Balaban J connectivity index is 1.98. The van der Waals surface area contributed by atoms with Gasteiger partial charge >= 0.3 is 5.69 Å². The highest BCUT2D eigenvalue weighted by atomic mass is 35.5. The summed E-state index contributed by atoms with van der Waals surface area (Å²) < 4.78 is 10.8. The van der Waals surface area contributed by atoms with Gasteiger partial charge in [0.15, 0.2) is 11.9 Å². The van der Waals surface area contributed by atoms with Crippen LogP contribution in [-0.2, 0) is 9.53 Å². The number of nitro groups is 1. The summed E-state index contributed by atoms with van der Waals surface area (Å²) in [6.07, 6.45) is 0.925. The van der Waals surface area contributed by atoms with Gasteiger partial charge in [-0.05, 0) is 45.0 Å². The Bertz CT molecular complexity index is 644. The predicted octanol–water partition coefficient (Wildman–Crippen LogP) is 2.15. The van der Waals surface area contributed by atoms with Crippen molar-refractivity contribution in [1.82, 2.24) is 10.6 Å². The van der Waals surface area contributed by atoms with E-state index in [4.69, 9.17) is 21.1 Å². The van der Waals surface area contributed by atoms with E-state index in [2.05, 4.69) is 10.6 Å². The Morgan fingerprint density at radius 1 is 1.46 bits per heavy atom. The van der Waals surface area contributed by atoms with E-state index in [0.717, 1.165) is 25.9 Å². The summed E-state index contributed by atoms with van der Waals surface area (Å²) >= 11 is 5.78. The molecule has 0 saturated carbocycles. The van der Waals surface area contributed by atoms with Gasteiger partial charge in [-0.3, -0.25) is 14.9 Å². The number of ether oxygens (including phenoxy) is 2. The maximum Gasteiger partial charge on any atom is 0.312 e. The third kappa shape index (κ3) is 5.30. The smallest absolute Gasteiger partial charge is 0.312 e. The van der Waals surface area contributed by atoms with Crippen molar-refractivity contribution in [3.63, 3.8) is 0 Å². The number of hydrogen-bond donors (Lipinski definition) is 2. The van der Waals surface area contributed by atoms with E-state index >= 15 is 0 Å². The Hall–Kier alpha value is -1.90. The average Bonchev–Trinajstić information content (AvgIpc) is 2.62. The summed E-state index contributed by atoms with van der Waals surface area (Å²) in [5.41, 5.74) is -0.381. The molecule has 1 amide bonds. The zero-order valence-electron chi connectivity index (χ0n) is 14.9. The molecule has 0 aliphatic carbocycles. The number of carbonyl (C=O) groups excluding carboxylic acids is 1. The Kier molecular flexibility index (Phi) is 7.19. The van der Waals surface area contributed by atoms with Gasteiger partial charge in [-0.1, -0.05) is 11.6 Å². The van der Waals surface area contributed by atoms with E-state index in [-0.39, 0.29) is 27.8 Å². The lowest BCUT2D eigenvalue weighted by molar-refractivity contribution is -0.386. The molecule has 9 heteroatoms. The third-order valence-corrected chi connectivity index (χ3v) is 4.78. The van der Waals surface area contributed by atoms with Gasteiger partial charge in [-0.25, -0.2) is 0 Å². The van der Waals surface area contributed by atoms with Crippen LogP contribution in [0.1, 0.15) is 19.8 Å². The lowest BCUT2D eigenvalue weighted by Gasteiger charge is -2.37. The van der Waals surface area contributed by atoms with Crippen LogP contribution in [-0.4, -0.2) is 50.3 Å². The van der Waals surface area contributed by atoms with Gasteiger partial charge in [0.1, 0.15) is 0 Å². The molecule has 1 atom stereocenters. The Labute approximate surface area is 157 Å². The lowest BCUT2D eigenvalue weighted by atomic mass is 9.79. The molecule has 8 nitrogen and oxygen atoms in total. The Morgan fingerprint density at radius 3 is 2.77 bits per heavy atom. The van der Waals surface area contributed by atoms with Gasteiger partial charge < -0.3 is 20.1 Å². The van der Waals surface area contributed by atoms with Crippen molar-refractivity contribution in [1.29, 1.82) is 0 Å². The molecule has 0 spiro atoms. The minimum Gasteiger partial charge on any atom is -0.474 e. The van der Waals surface area contributed by atoms with Gasteiger partial charge in [-0.2, -0.15) is 0 Å². The molecule has 1 heterocycles. The molecule has 0 aromatic heterocycles. The van der Waals surface area contributed by atoms with Crippen LogP contribution in [0.25, 0.3) is 0 Å². The molecular weight excluding hydrogens is 362 g/mol. The minimum atomic E-state index is -0.879. The summed E-state index contributed by atoms with van der Waals surface area (Å²) in [6, 6.07) is 4.07. The fraction of sp³-hybridized carbons (Fsp3) is 0.588. The molecule has 1 aliphatic rings. The standard InChI is InChI=1S/C17H24ClN3O5/c1-12(26-15-4-3-13(18)9-14(15)21(23)24)16(22)20-10-17(11-25-2)5-7-19-8-6-17/h3-4,9,12,19H,5-8,10-11H2,1-2H3,(H,20,22). The number of benzene rings is 1. The van der Waals surface area contributed by atoms with Gasteiger partial charge in [-0.15, -0.1) is 0 Å². The summed E-state index contributed by atoms with van der Waals surface area (Å²) in [5.74, 6) is -0.321. The zero-order valence-corrected chi connectivity index (χ0v) is 15.7. The molecule has 2 rings (SSSR count). The van der Waals surface area contributed by atoms with E-state index in [0.29, 0.717) is 13.2 Å². The number of nitrogens with zero attached hydrogens (tertiary/aromatic N) is 1. The van der Waals surface area contributed by atoms with Crippen molar-refractivity contribution in [2.24, 2.45) is 5.41 Å². The molecule has 26 heavy (non-hydrogen) atoms. The van der Waals surface area contributed by atoms with Crippen LogP contribution in [0, 0.1) is 15.5 Å². The van der Waals surface area contributed by atoms with Crippen LogP contribution in [0.5, 0.6) is 5.75 Å². The predicted molar refractivity (Wildman–Crippen MR) is 97.6 cm³/mol. The molecule has 1 saturated heterocycles. The van der Waals surface area contributed by atoms with Gasteiger partial charge in [0, 0.05) is 30.2 Å². The number of carbonyl (C=O) groups is 1. The molecule has 1 aliphatic heterocycles. The second-order valence-electron chi connectivity index (χ2n) is 6.53. The fourth-order valence-electron chi connectivity index (χ4n) is 3.03. The topological polar surface area (TPSA) is 103 Å². The SMILES string of the molecule is COCC1(CNC(=O)C(C)Oc2ccc(Cl)cc2[N+](=O)[O-])CCNCC1. The van der Waals surface area contributed by atoms with Gasteiger partial charge in [0.2, 0.25) is 0 Å². The van der Waals surface area contributed by atoms with Crippen molar-refractivity contribution >= 4 is 23.2 Å². The molecule has 1 unspecified atom stereocenters. The molecule has 1 fully saturated rings. The summed E-state index contributed by atoms with van der Waals surface area (Å²) in [5, 5.41) is 17.5. The van der Waals surface area contributed by atoms with Gasteiger partial charge in [0.25, 0.3) is 5.91 Å². The van der Waals surface area contributed by atoms with Crippen LogP contribution >= 0.6 is 11.6 Å². The highest BCUT2D eigenvalue weighted by Crippen LogP contribution is 2.31. The quantitative estimate of drug-likeness (QED) is 0.525. The largest absolute Gasteiger partial charge is 0.474 e. The Morgan fingerprint density at radius 2 is 2.15 bits per heavy atom. The minimum absolute atomic E-state index is 0.00974. The first-order chi connectivity index (χ1) is 12.4. The number of nitrogens with one attached hydrogen (secondary N) is 2. The molecular formula is C17H24ClN3O5. The van der Waals surface area contributed by atoms with E-state index in [1.54, 1.807) is 14.0 Å². The molecule has 1 aromatic rings. The summed E-state index contributed by atoms with van der Waals surface area (Å²) in [7, 11) is 1.65. The lowest BCUT2D eigenvalue weighted by Crippen LogP contribution is -2.49. The summed E-state index contributed by atoms with van der Waals surface area (Å²) in [4.78, 5) is 22.9. The first-order valence-corrected chi connectivity index (χ1v) is 8.83. The molecule has 0 radical (unpaired) electrons. The van der Waals surface area contributed by atoms with E-state index in [9.17, 15) is 14.9 Å². The number of nitro benzene ring substituents is 1. The first-order valence-electron chi connectivity index (χ1n) is 8.45. The molecule has 2 N–H and O–H groups in total. The number of hydrogen-bond acceptors (Lipinski definition) is 6. The normalized spacial score (nSPS) is 17.3. The van der Waals surface area contributed by atoms with Gasteiger partial charge in [0.05, 0.1) is 11.5 Å². The molecule has 144 valence electrons. The maximum atomic E-state index is 12.4. The monoisotopic (exact) mass is 385 g/mol. The number of methoxy groups -OCH3 is 1. The van der Waals surface area contributed by atoms with Crippen molar-refractivity contribution in [2.45, 2.75) is 25.9 Å².